The van der Waals surface area contributed by atoms with Gasteiger partial charge in [-0.2, -0.15) is 0 Å². The number of nitrogens with zero attached hydrogens (tertiary/aromatic N) is 3. The van der Waals surface area contributed by atoms with E-state index in [1.807, 2.05) is 24.3 Å². The second-order valence-electron chi connectivity index (χ2n) is 9.80. The lowest BCUT2D eigenvalue weighted by Gasteiger charge is -2.39. The molecule has 8 nitrogen and oxygen atoms in total. The molecule has 0 radical (unpaired) electrons. The van der Waals surface area contributed by atoms with Crippen LogP contribution < -0.4 is 15.4 Å². The van der Waals surface area contributed by atoms with Gasteiger partial charge in [-0.3, -0.25) is 19.4 Å². The van der Waals surface area contributed by atoms with Gasteiger partial charge in [0.15, 0.2) is 0 Å². The summed E-state index contributed by atoms with van der Waals surface area (Å²) >= 11 is 0. The minimum atomic E-state index is -0.0719. The van der Waals surface area contributed by atoms with Crippen LogP contribution in [0.15, 0.2) is 24.3 Å². The maximum Gasteiger partial charge on any atom is 0.239 e. The number of likely N-dealkylation sites (tertiary alicyclic amines) is 2. The average molecular weight is 458 g/mol. The second kappa shape index (κ2) is 10.8. The lowest BCUT2D eigenvalue weighted by atomic mass is 10.0. The van der Waals surface area contributed by atoms with E-state index < -0.39 is 0 Å². The van der Waals surface area contributed by atoms with Gasteiger partial charge in [-0.15, -0.1) is 0 Å². The Morgan fingerprint density at radius 3 is 2.55 bits per heavy atom. The van der Waals surface area contributed by atoms with Gasteiger partial charge in [-0.05, 0) is 70.6 Å². The van der Waals surface area contributed by atoms with Gasteiger partial charge in [-0.25, -0.2) is 0 Å². The number of carbonyl (C=O) groups is 2. The van der Waals surface area contributed by atoms with Crippen molar-refractivity contribution in [2.24, 2.45) is 0 Å². The first-order chi connectivity index (χ1) is 16.0. The van der Waals surface area contributed by atoms with Crippen LogP contribution in [0.1, 0.15) is 37.7 Å². The van der Waals surface area contributed by atoms with Gasteiger partial charge in [0.1, 0.15) is 11.8 Å². The monoisotopic (exact) mass is 457 g/mol. The first-order valence-corrected chi connectivity index (χ1v) is 12.3. The Morgan fingerprint density at radius 2 is 1.85 bits per heavy atom. The van der Waals surface area contributed by atoms with Crippen molar-refractivity contribution in [1.29, 1.82) is 0 Å². The number of nitrogens with one attached hydrogen (secondary N) is 2. The topological polar surface area (TPSA) is 77.1 Å². The number of piperidine rings is 1. The molecule has 0 bridgehead atoms. The molecule has 1 aromatic rings. The van der Waals surface area contributed by atoms with Crippen molar-refractivity contribution in [2.45, 2.75) is 62.8 Å². The summed E-state index contributed by atoms with van der Waals surface area (Å²) in [5.41, 5.74) is 1.05. The van der Waals surface area contributed by atoms with E-state index in [0.29, 0.717) is 25.6 Å². The summed E-state index contributed by atoms with van der Waals surface area (Å²) in [6, 6.07) is 8.55. The van der Waals surface area contributed by atoms with Gasteiger partial charge in [0.25, 0.3) is 0 Å². The molecular weight excluding hydrogens is 418 g/mol. The zero-order valence-electron chi connectivity index (χ0n) is 20.3. The van der Waals surface area contributed by atoms with Crippen LogP contribution >= 0.6 is 0 Å². The van der Waals surface area contributed by atoms with E-state index in [9.17, 15) is 9.59 Å². The number of ether oxygens (including phenoxy) is 1. The molecule has 0 spiro atoms. The molecule has 3 aliphatic rings. The van der Waals surface area contributed by atoms with Crippen molar-refractivity contribution in [1.82, 2.24) is 25.3 Å². The zero-order chi connectivity index (χ0) is 23.4. The fraction of sp³-hybridized carbons (Fsp3) is 0.680. The standard InChI is InChI=1S/C25H39N5O3/c1-28-13-10-19(11-14-28)30-15-12-22-24(30)25(32)27-17-20(29(22)2)6-9-23(31)26-16-18-4-7-21(33-3)8-5-18/h4-5,7-8,19-20,22,24H,6,9-17H2,1-3H3,(H,26,31)(H,27,32). The van der Waals surface area contributed by atoms with Crippen LogP contribution in [-0.4, -0.2) is 98.1 Å². The third-order valence-corrected chi connectivity index (χ3v) is 7.79. The third kappa shape index (κ3) is 5.67. The van der Waals surface area contributed by atoms with Crippen molar-refractivity contribution in [3.8, 4) is 5.75 Å². The Labute approximate surface area is 197 Å². The molecule has 4 rings (SSSR count). The highest BCUT2D eigenvalue weighted by atomic mass is 16.5. The van der Waals surface area contributed by atoms with E-state index in [-0.39, 0.29) is 29.9 Å². The first kappa shape index (κ1) is 24.0. The summed E-state index contributed by atoms with van der Waals surface area (Å²) < 4.78 is 5.18. The number of fused-ring (bicyclic) bond motifs is 1. The van der Waals surface area contributed by atoms with Crippen LogP contribution in [-0.2, 0) is 16.1 Å². The van der Waals surface area contributed by atoms with E-state index in [0.717, 1.165) is 56.6 Å². The highest BCUT2D eigenvalue weighted by Gasteiger charge is 2.47. The highest BCUT2D eigenvalue weighted by molar-refractivity contribution is 5.83. The maximum atomic E-state index is 13.1. The predicted octanol–water partition coefficient (Wildman–Crippen LogP) is 1.06. The Balaban J connectivity index is 1.29. The van der Waals surface area contributed by atoms with Crippen molar-refractivity contribution in [3.63, 3.8) is 0 Å². The molecule has 3 fully saturated rings. The minimum absolute atomic E-state index is 0.0470. The molecule has 33 heavy (non-hydrogen) atoms. The highest BCUT2D eigenvalue weighted by Crippen LogP contribution is 2.31. The number of likely N-dealkylation sites (N-methyl/N-ethyl adjacent to an activating group) is 1. The number of hydrogen-bond donors (Lipinski definition) is 2. The molecular formula is C25H39N5O3. The molecule has 182 valence electrons. The summed E-state index contributed by atoms with van der Waals surface area (Å²) in [4.78, 5) is 32.8. The number of benzene rings is 1. The summed E-state index contributed by atoms with van der Waals surface area (Å²) in [7, 11) is 5.95. The molecule has 2 amide bonds. The van der Waals surface area contributed by atoms with E-state index >= 15 is 0 Å². The molecule has 0 aliphatic carbocycles. The van der Waals surface area contributed by atoms with Crippen LogP contribution in [0.25, 0.3) is 0 Å². The van der Waals surface area contributed by atoms with Crippen molar-refractivity contribution in [3.05, 3.63) is 29.8 Å². The fourth-order valence-electron chi connectivity index (χ4n) is 5.66. The first-order valence-electron chi connectivity index (χ1n) is 12.3. The lowest BCUT2D eigenvalue weighted by Crippen LogP contribution is -2.54. The Morgan fingerprint density at radius 1 is 1.12 bits per heavy atom. The predicted molar refractivity (Wildman–Crippen MR) is 128 cm³/mol. The fourth-order valence-corrected chi connectivity index (χ4v) is 5.66. The molecule has 0 aromatic heterocycles. The molecule has 3 aliphatic heterocycles. The van der Waals surface area contributed by atoms with Crippen LogP contribution in [0.5, 0.6) is 5.75 Å². The van der Waals surface area contributed by atoms with Gasteiger partial charge < -0.3 is 20.3 Å². The minimum Gasteiger partial charge on any atom is -0.497 e. The van der Waals surface area contributed by atoms with Crippen LogP contribution in [0, 0.1) is 0 Å². The molecule has 8 heteroatoms. The van der Waals surface area contributed by atoms with Crippen molar-refractivity contribution in [2.75, 3.05) is 47.4 Å². The van der Waals surface area contributed by atoms with Crippen LogP contribution in [0.3, 0.4) is 0 Å². The second-order valence-corrected chi connectivity index (χ2v) is 9.80. The van der Waals surface area contributed by atoms with Crippen LogP contribution in [0.2, 0.25) is 0 Å². The van der Waals surface area contributed by atoms with Gasteiger partial charge in [0.2, 0.25) is 11.8 Å². The Hall–Kier alpha value is -2.16. The number of amides is 2. The molecule has 3 atom stereocenters. The average Bonchev–Trinajstić information content (AvgIpc) is 3.23. The van der Waals surface area contributed by atoms with Crippen LogP contribution in [0.4, 0.5) is 0 Å². The van der Waals surface area contributed by atoms with Gasteiger partial charge in [-0.1, -0.05) is 12.1 Å². The summed E-state index contributed by atoms with van der Waals surface area (Å²) in [6.07, 6.45) is 4.48. The van der Waals surface area contributed by atoms with Crippen molar-refractivity contribution < 1.29 is 14.3 Å². The number of rotatable bonds is 7. The molecule has 2 N–H and O–H groups in total. The molecule has 0 saturated carbocycles. The summed E-state index contributed by atoms with van der Waals surface area (Å²) in [5.74, 6) is 1.02. The zero-order valence-corrected chi connectivity index (χ0v) is 20.3. The SMILES string of the molecule is COc1ccc(CNC(=O)CCC2CNC(=O)C3C(CCN3C3CCN(C)CC3)N2C)cc1. The van der Waals surface area contributed by atoms with Gasteiger partial charge >= 0.3 is 0 Å². The normalized spacial score (nSPS) is 27.6. The van der Waals surface area contributed by atoms with E-state index in [1.165, 1.54) is 0 Å². The smallest absolute Gasteiger partial charge is 0.239 e. The number of hydrogen-bond acceptors (Lipinski definition) is 6. The number of methoxy groups -OCH3 is 1. The Bertz CT molecular complexity index is 809. The summed E-state index contributed by atoms with van der Waals surface area (Å²) in [5, 5.41) is 6.21. The lowest BCUT2D eigenvalue weighted by molar-refractivity contribution is -0.127. The molecule has 3 saturated heterocycles. The third-order valence-electron chi connectivity index (χ3n) is 7.79. The quantitative estimate of drug-likeness (QED) is 0.638. The van der Waals surface area contributed by atoms with E-state index in [2.05, 4.69) is 39.4 Å². The van der Waals surface area contributed by atoms with Gasteiger partial charge in [0, 0.05) is 44.2 Å². The molecule has 3 heterocycles. The van der Waals surface area contributed by atoms with Gasteiger partial charge in [0.05, 0.1) is 7.11 Å². The summed E-state index contributed by atoms with van der Waals surface area (Å²) in [6.45, 7) is 4.30. The van der Waals surface area contributed by atoms with Crippen molar-refractivity contribution >= 4 is 11.8 Å². The van der Waals surface area contributed by atoms with E-state index in [1.54, 1.807) is 7.11 Å². The maximum absolute atomic E-state index is 13.1. The largest absolute Gasteiger partial charge is 0.497 e. The van der Waals surface area contributed by atoms with E-state index in [4.69, 9.17) is 4.74 Å². The Kier molecular flexibility index (Phi) is 7.88. The number of carbonyl (C=O) groups excluding carboxylic acids is 2. The molecule has 3 unspecified atom stereocenters. The molecule has 1 aromatic carbocycles.